The molecule has 1 aromatic rings. The van der Waals surface area contributed by atoms with Crippen molar-refractivity contribution in [2.24, 2.45) is 5.41 Å². The summed E-state index contributed by atoms with van der Waals surface area (Å²) in [4.78, 5) is 7.85. The van der Waals surface area contributed by atoms with Gasteiger partial charge < -0.3 is 15.0 Å². The Morgan fingerprint density at radius 3 is 2.57 bits per heavy atom. The fourth-order valence-corrected chi connectivity index (χ4v) is 4.21. The van der Waals surface area contributed by atoms with Crippen molar-refractivity contribution < 1.29 is 15.1 Å². The maximum absolute atomic E-state index is 6.14. The lowest BCUT2D eigenvalue weighted by Crippen LogP contribution is -2.76. The Labute approximate surface area is 138 Å². The molecule has 0 radical (unpaired) electrons. The van der Waals surface area contributed by atoms with Gasteiger partial charge in [-0.1, -0.05) is 0 Å². The summed E-state index contributed by atoms with van der Waals surface area (Å²) in [6, 6.07) is 4.48. The van der Waals surface area contributed by atoms with Gasteiger partial charge in [-0.2, -0.15) is 5.48 Å². The minimum atomic E-state index is -0.102. The second kappa shape index (κ2) is 5.36. The smallest absolute Gasteiger partial charge is 0.186 e. The van der Waals surface area contributed by atoms with Crippen molar-refractivity contribution in [2.75, 3.05) is 38.2 Å². The van der Waals surface area contributed by atoms with Crippen molar-refractivity contribution in [3.05, 3.63) is 17.7 Å². The van der Waals surface area contributed by atoms with Gasteiger partial charge in [-0.3, -0.25) is 0 Å². The molecule has 3 N–H and O–H groups in total. The van der Waals surface area contributed by atoms with Gasteiger partial charge in [0, 0.05) is 50.3 Å². The van der Waals surface area contributed by atoms with Gasteiger partial charge in [0.2, 0.25) is 0 Å². The van der Waals surface area contributed by atoms with Crippen LogP contribution in [0, 0.1) is 5.41 Å². The normalized spacial score (nSPS) is 24.2. The second-order valence-electron chi connectivity index (χ2n) is 8.00. The van der Waals surface area contributed by atoms with Crippen molar-refractivity contribution in [1.82, 2.24) is 5.32 Å². The van der Waals surface area contributed by atoms with Gasteiger partial charge in [0.1, 0.15) is 17.0 Å². The van der Waals surface area contributed by atoms with Gasteiger partial charge in [-0.05, 0) is 32.1 Å². The Morgan fingerprint density at radius 2 is 1.96 bits per heavy atom. The summed E-state index contributed by atoms with van der Waals surface area (Å²) in [6.07, 6.45) is 3.51. The summed E-state index contributed by atoms with van der Waals surface area (Å²) >= 11 is 0. The zero-order chi connectivity index (χ0) is 16.1. The number of fused-ring (bicyclic) bond motifs is 1. The largest absolute Gasteiger partial charge is 0.487 e. The summed E-state index contributed by atoms with van der Waals surface area (Å²) in [5.41, 5.74) is 6.06. The Hall–Kier alpha value is -1.30. The molecule has 3 heterocycles. The van der Waals surface area contributed by atoms with Gasteiger partial charge in [-0.25, -0.2) is 4.84 Å². The van der Waals surface area contributed by atoms with Crippen LogP contribution in [-0.2, 0) is 11.3 Å². The van der Waals surface area contributed by atoms with Gasteiger partial charge >= 0.3 is 0 Å². The van der Waals surface area contributed by atoms with Crippen LogP contribution in [0.25, 0.3) is 0 Å². The molecule has 5 nitrogen and oxygen atoms in total. The Morgan fingerprint density at radius 1 is 1.22 bits per heavy atom. The number of quaternary nitrogens is 1. The lowest BCUT2D eigenvalue weighted by Gasteiger charge is -2.48. The van der Waals surface area contributed by atoms with Crippen LogP contribution in [0.3, 0.4) is 0 Å². The van der Waals surface area contributed by atoms with E-state index in [0.717, 1.165) is 25.3 Å². The number of rotatable bonds is 3. The zero-order valence-electron chi connectivity index (χ0n) is 14.4. The number of anilines is 1. The number of benzene rings is 1. The van der Waals surface area contributed by atoms with Gasteiger partial charge in [0.05, 0.1) is 7.11 Å². The predicted molar refractivity (Wildman–Crippen MR) is 90.2 cm³/mol. The average Bonchev–Trinajstić information content (AvgIpc) is 2.78. The monoisotopic (exact) mass is 318 g/mol. The van der Waals surface area contributed by atoms with E-state index in [1.165, 1.54) is 42.9 Å². The standard InChI is InChI=1S/C18H27N3O2/c1-17(2)10-13-8-14(20-22-3)15(9-16(13)23-17)21-6-4-18(5-7-21)11-19-12-18/h8-9,19-20H,4-7,10-12H2,1-3H3/p+1. The second-order valence-corrected chi connectivity index (χ2v) is 8.00. The lowest BCUT2D eigenvalue weighted by molar-refractivity contribution is -0.829. The number of nitrogens with one attached hydrogen (secondary N) is 1. The summed E-state index contributed by atoms with van der Waals surface area (Å²) in [6.45, 7) is 8.93. The molecule has 0 saturated carbocycles. The maximum atomic E-state index is 6.14. The number of nitrogens with two attached hydrogens (primary N) is 1. The van der Waals surface area contributed by atoms with E-state index in [1.807, 2.05) is 5.48 Å². The molecule has 1 spiro atoms. The van der Waals surface area contributed by atoms with Crippen LogP contribution >= 0.6 is 0 Å². The van der Waals surface area contributed by atoms with E-state index in [0.29, 0.717) is 5.41 Å². The van der Waals surface area contributed by atoms with Crippen molar-refractivity contribution in [3.8, 4) is 5.75 Å². The molecule has 0 bridgehead atoms. The summed E-state index contributed by atoms with van der Waals surface area (Å²) in [5.74, 6) is 1.05. The van der Waals surface area contributed by atoms with Gasteiger partial charge in [0.15, 0.2) is 5.69 Å². The van der Waals surface area contributed by atoms with Crippen LogP contribution in [0.4, 0.5) is 11.4 Å². The number of nitrogens with zero attached hydrogens (tertiary/aromatic N) is 1. The third-order valence-electron chi connectivity index (χ3n) is 5.62. The molecule has 0 amide bonds. The highest BCUT2D eigenvalue weighted by molar-refractivity contribution is 5.68. The molecule has 0 unspecified atom stereocenters. The minimum Gasteiger partial charge on any atom is -0.487 e. The molecule has 0 aliphatic carbocycles. The molecule has 1 aromatic carbocycles. The van der Waals surface area contributed by atoms with E-state index in [-0.39, 0.29) is 5.60 Å². The predicted octanol–water partition coefficient (Wildman–Crippen LogP) is 1.35. The van der Waals surface area contributed by atoms with Crippen LogP contribution in [0.5, 0.6) is 5.75 Å². The summed E-state index contributed by atoms with van der Waals surface area (Å²) in [7, 11) is 1.72. The molecule has 2 fully saturated rings. The molecule has 23 heavy (non-hydrogen) atoms. The van der Waals surface area contributed by atoms with Crippen LogP contribution < -0.4 is 20.4 Å². The van der Waals surface area contributed by atoms with Crippen molar-refractivity contribution in [2.45, 2.75) is 38.7 Å². The molecule has 2 saturated heterocycles. The molecular formula is C18H28N3O2+. The molecule has 0 atom stereocenters. The Kier molecular flexibility index (Phi) is 3.55. The topological polar surface area (TPSA) is 50.3 Å². The third-order valence-corrected chi connectivity index (χ3v) is 5.62. The van der Waals surface area contributed by atoms with Crippen LogP contribution in [0.15, 0.2) is 12.1 Å². The average molecular weight is 318 g/mol. The fourth-order valence-electron chi connectivity index (χ4n) is 4.21. The molecule has 4 rings (SSSR count). The molecular weight excluding hydrogens is 290 g/mol. The van der Waals surface area contributed by atoms with Crippen molar-refractivity contribution in [3.63, 3.8) is 0 Å². The lowest BCUT2D eigenvalue weighted by atomic mass is 9.73. The first-order valence-corrected chi connectivity index (χ1v) is 8.68. The number of piperidine rings is 1. The maximum Gasteiger partial charge on any atom is 0.186 e. The Balaban J connectivity index is 1.60. The van der Waals surface area contributed by atoms with E-state index in [4.69, 9.17) is 9.57 Å². The van der Waals surface area contributed by atoms with Crippen LogP contribution in [0.2, 0.25) is 0 Å². The van der Waals surface area contributed by atoms with E-state index < -0.39 is 0 Å². The summed E-state index contributed by atoms with van der Waals surface area (Å²) < 4.78 is 6.14. The molecule has 3 aliphatic heterocycles. The first-order valence-electron chi connectivity index (χ1n) is 8.68. The van der Waals surface area contributed by atoms with E-state index in [2.05, 4.69) is 36.2 Å². The van der Waals surface area contributed by atoms with E-state index in [1.54, 1.807) is 7.11 Å². The molecule has 5 heteroatoms. The molecule has 3 aliphatic rings. The van der Waals surface area contributed by atoms with Crippen LogP contribution in [-0.4, -0.2) is 38.9 Å². The highest BCUT2D eigenvalue weighted by Crippen LogP contribution is 2.42. The van der Waals surface area contributed by atoms with Gasteiger partial charge in [0.25, 0.3) is 0 Å². The van der Waals surface area contributed by atoms with Gasteiger partial charge in [-0.15, -0.1) is 0 Å². The minimum absolute atomic E-state index is 0.102. The highest BCUT2D eigenvalue weighted by Gasteiger charge is 2.40. The highest BCUT2D eigenvalue weighted by atomic mass is 16.6. The van der Waals surface area contributed by atoms with Crippen LogP contribution in [0.1, 0.15) is 32.3 Å². The van der Waals surface area contributed by atoms with Crippen molar-refractivity contribution >= 4 is 11.4 Å². The summed E-state index contributed by atoms with van der Waals surface area (Å²) in [5, 5.41) is 3.44. The first-order chi connectivity index (χ1) is 11.0. The number of hydrogen-bond acceptors (Lipinski definition) is 4. The zero-order valence-corrected chi connectivity index (χ0v) is 14.4. The third kappa shape index (κ3) is 2.71. The molecule has 126 valence electrons. The number of ether oxygens (including phenoxy) is 1. The van der Waals surface area contributed by atoms with Crippen molar-refractivity contribution in [1.29, 1.82) is 0 Å². The van der Waals surface area contributed by atoms with E-state index in [9.17, 15) is 0 Å². The Bertz CT molecular complexity index is 601. The van der Waals surface area contributed by atoms with E-state index >= 15 is 0 Å². The fraction of sp³-hybridized carbons (Fsp3) is 0.667. The number of hydrogen-bond donors (Lipinski definition) is 2. The SMILES string of the molecule is CO[NH2+]c1cc2c(cc1N1CCC3(CC1)CNC3)OC(C)(C)C2. The molecule has 0 aromatic heterocycles. The first kappa shape index (κ1) is 15.2. The quantitative estimate of drug-likeness (QED) is 0.652.